The molecule has 0 saturated heterocycles. The van der Waals surface area contributed by atoms with E-state index in [1.54, 1.807) is 24.3 Å². The highest BCUT2D eigenvalue weighted by atomic mass is 28.4. The van der Waals surface area contributed by atoms with Gasteiger partial charge in [0.05, 0.1) is 0 Å². The van der Waals surface area contributed by atoms with Crippen LogP contribution in [0, 0.1) is 0 Å². The molecule has 2 rings (SSSR count). The van der Waals surface area contributed by atoms with Crippen molar-refractivity contribution in [2.45, 2.75) is 50.6 Å². The molecule has 0 unspecified atom stereocenters. The van der Waals surface area contributed by atoms with Crippen LogP contribution in [0.1, 0.15) is 31.9 Å². The fraction of sp³-hybridized carbons (Fsp3) is 0.471. The lowest BCUT2D eigenvalue weighted by molar-refractivity contribution is -0.169. The molecule has 2 atom stereocenters. The molecule has 0 amide bonds. The molecule has 1 aliphatic carbocycles. The van der Waals surface area contributed by atoms with E-state index in [0.717, 1.165) is 0 Å². The molecule has 0 heterocycles. The molecule has 0 aliphatic heterocycles. The van der Waals surface area contributed by atoms with E-state index in [0.29, 0.717) is 11.1 Å². The summed E-state index contributed by atoms with van der Waals surface area (Å²) in [5, 5.41) is 20.5. The molecule has 1 aliphatic rings. The molecule has 0 fully saturated rings. The van der Waals surface area contributed by atoms with E-state index >= 15 is 0 Å². The van der Waals surface area contributed by atoms with Crippen LogP contribution in [-0.4, -0.2) is 30.6 Å². The van der Waals surface area contributed by atoms with Gasteiger partial charge in [0, 0.05) is 5.56 Å². The number of fused-ring (bicyclic) bond motifs is 1. The summed E-state index contributed by atoms with van der Waals surface area (Å²) < 4.78 is 6.20. The van der Waals surface area contributed by atoms with Crippen molar-refractivity contribution in [3.05, 3.63) is 41.5 Å². The van der Waals surface area contributed by atoms with Crippen LogP contribution in [0.5, 0.6) is 0 Å². The average Bonchev–Trinajstić information content (AvgIpc) is 2.40. The standard InChI is InChI=1S/C17H24O4Si/c1-16(2,3)22(4,5)21-14-11-10-12-8-6-7-9-13(12)17(14,20)15(18)19/h6-11,14,20H,1-5H3,(H,18,19)/t14-,17-/m1/s1. The maximum Gasteiger partial charge on any atom is 0.343 e. The molecular weight excluding hydrogens is 296 g/mol. The minimum absolute atomic E-state index is 0.0722. The Morgan fingerprint density at radius 2 is 1.86 bits per heavy atom. The van der Waals surface area contributed by atoms with Crippen molar-refractivity contribution < 1.29 is 19.4 Å². The Kier molecular flexibility index (Phi) is 4.10. The second-order valence-corrected chi connectivity index (χ2v) is 12.1. The van der Waals surface area contributed by atoms with Gasteiger partial charge in [-0.3, -0.25) is 0 Å². The minimum atomic E-state index is -2.22. The van der Waals surface area contributed by atoms with E-state index in [9.17, 15) is 15.0 Å². The predicted molar refractivity (Wildman–Crippen MR) is 89.1 cm³/mol. The highest BCUT2D eigenvalue weighted by Crippen LogP contribution is 2.42. The second-order valence-electron chi connectivity index (χ2n) is 7.32. The molecule has 1 aromatic carbocycles. The van der Waals surface area contributed by atoms with Crippen molar-refractivity contribution in [2.24, 2.45) is 0 Å². The largest absolute Gasteiger partial charge is 0.479 e. The highest BCUT2D eigenvalue weighted by Gasteiger charge is 2.52. The molecule has 120 valence electrons. The minimum Gasteiger partial charge on any atom is -0.479 e. The van der Waals surface area contributed by atoms with E-state index in [2.05, 4.69) is 20.8 Å². The van der Waals surface area contributed by atoms with Crippen molar-refractivity contribution in [1.29, 1.82) is 0 Å². The van der Waals surface area contributed by atoms with Crippen molar-refractivity contribution >= 4 is 20.4 Å². The van der Waals surface area contributed by atoms with Crippen molar-refractivity contribution in [3.8, 4) is 0 Å². The molecule has 2 N–H and O–H groups in total. The maximum absolute atomic E-state index is 11.8. The Bertz CT molecular complexity index is 615. The number of carboxylic acids is 1. The quantitative estimate of drug-likeness (QED) is 0.838. The van der Waals surface area contributed by atoms with Gasteiger partial charge in [0.15, 0.2) is 8.32 Å². The number of benzene rings is 1. The van der Waals surface area contributed by atoms with E-state index in [1.807, 2.05) is 25.2 Å². The fourth-order valence-corrected chi connectivity index (χ4v) is 3.57. The Morgan fingerprint density at radius 1 is 1.27 bits per heavy atom. The summed E-state index contributed by atoms with van der Waals surface area (Å²) in [6.45, 7) is 10.3. The van der Waals surface area contributed by atoms with E-state index < -0.39 is 26.0 Å². The van der Waals surface area contributed by atoms with Crippen LogP contribution in [0.3, 0.4) is 0 Å². The summed E-state index contributed by atoms with van der Waals surface area (Å²) in [4.78, 5) is 11.8. The smallest absolute Gasteiger partial charge is 0.343 e. The number of rotatable bonds is 3. The van der Waals surface area contributed by atoms with Gasteiger partial charge in [-0.15, -0.1) is 0 Å². The Labute approximate surface area is 132 Å². The first-order valence-corrected chi connectivity index (χ1v) is 10.3. The zero-order valence-corrected chi connectivity index (χ0v) is 14.8. The molecule has 0 spiro atoms. The topological polar surface area (TPSA) is 66.8 Å². The molecule has 0 radical (unpaired) electrons. The lowest BCUT2D eigenvalue weighted by atomic mass is 9.81. The van der Waals surface area contributed by atoms with Crippen molar-refractivity contribution in [2.75, 3.05) is 0 Å². The van der Waals surface area contributed by atoms with E-state index in [4.69, 9.17) is 4.43 Å². The van der Waals surface area contributed by atoms with Crippen molar-refractivity contribution in [1.82, 2.24) is 0 Å². The third-order valence-corrected chi connectivity index (χ3v) is 9.24. The molecule has 0 bridgehead atoms. The first-order chi connectivity index (χ1) is 10.00. The molecule has 5 heteroatoms. The van der Waals surface area contributed by atoms with Crippen molar-refractivity contribution in [3.63, 3.8) is 0 Å². The lowest BCUT2D eigenvalue weighted by Gasteiger charge is -2.43. The fourth-order valence-electron chi connectivity index (χ4n) is 2.33. The number of hydrogen-bond donors (Lipinski definition) is 2. The lowest BCUT2D eigenvalue weighted by Crippen LogP contribution is -2.54. The van der Waals surface area contributed by atoms with Gasteiger partial charge >= 0.3 is 5.97 Å². The second kappa shape index (κ2) is 5.33. The number of aliphatic carboxylic acids is 1. The summed E-state index contributed by atoms with van der Waals surface area (Å²) in [5.74, 6) is -1.28. The summed E-state index contributed by atoms with van der Waals surface area (Å²) in [6, 6.07) is 6.99. The molecule has 0 aromatic heterocycles. The molecule has 22 heavy (non-hydrogen) atoms. The maximum atomic E-state index is 11.8. The highest BCUT2D eigenvalue weighted by molar-refractivity contribution is 6.74. The zero-order valence-electron chi connectivity index (χ0n) is 13.8. The number of carbonyl (C=O) groups is 1. The molecule has 4 nitrogen and oxygen atoms in total. The number of aliphatic hydroxyl groups is 1. The normalized spacial score (nSPS) is 24.9. The van der Waals surface area contributed by atoms with Crippen LogP contribution in [0.4, 0.5) is 0 Å². The Balaban J connectivity index is 2.48. The summed E-state index contributed by atoms with van der Waals surface area (Å²) in [7, 11) is -2.22. The van der Waals surface area contributed by atoms with Crippen LogP contribution < -0.4 is 0 Å². The van der Waals surface area contributed by atoms with Gasteiger partial charge < -0.3 is 14.6 Å². The summed E-state index contributed by atoms with van der Waals surface area (Å²) >= 11 is 0. The Morgan fingerprint density at radius 3 is 2.41 bits per heavy atom. The Hall–Kier alpha value is -1.43. The van der Waals surface area contributed by atoms with Crippen LogP contribution >= 0.6 is 0 Å². The monoisotopic (exact) mass is 320 g/mol. The molecule has 1 aromatic rings. The summed E-state index contributed by atoms with van der Waals surface area (Å²) in [6.07, 6.45) is 2.60. The van der Waals surface area contributed by atoms with Gasteiger partial charge in [0.1, 0.15) is 6.10 Å². The first-order valence-electron chi connectivity index (χ1n) is 7.41. The number of carboxylic acid groups (broad SMARTS) is 1. The number of hydrogen-bond acceptors (Lipinski definition) is 3. The summed E-state index contributed by atoms with van der Waals surface area (Å²) in [5.41, 5.74) is -0.961. The molecule has 0 saturated carbocycles. The van der Waals surface area contributed by atoms with E-state index in [-0.39, 0.29) is 5.04 Å². The van der Waals surface area contributed by atoms with Gasteiger partial charge in [-0.2, -0.15) is 0 Å². The SMILES string of the molecule is CC(C)(C)[Si](C)(C)O[C@@H]1C=Cc2ccccc2[C@]1(O)C(=O)O. The van der Waals surface area contributed by atoms with Gasteiger partial charge in [0.2, 0.25) is 5.60 Å². The molecular formula is C17H24O4Si. The van der Waals surface area contributed by atoms with E-state index in [1.165, 1.54) is 0 Å². The van der Waals surface area contributed by atoms with Gasteiger partial charge in [-0.1, -0.05) is 57.2 Å². The van der Waals surface area contributed by atoms with Gasteiger partial charge in [-0.25, -0.2) is 4.79 Å². The van der Waals surface area contributed by atoms with Crippen LogP contribution in [0.15, 0.2) is 30.3 Å². The first kappa shape index (κ1) is 16.9. The van der Waals surface area contributed by atoms with Gasteiger partial charge in [0.25, 0.3) is 0 Å². The van der Waals surface area contributed by atoms with Crippen LogP contribution in [0.25, 0.3) is 6.08 Å². The average molecular weight is 320 g/mol. The van der Waals surface area contributed by atoms with Crippen LogP contribution in [-0.2, 0) is 14.8 Å². The third-order valence-electron chi connectivity index (χ3n) is 4.79. The third kappa shape index (κ3) is 2.64. The van der Waals surface area contributed by atoms with Gasteiger partial charge in [-0.05, 0) is 23.7 Å². The van der Waals surface area contributed by atoms with Crippen LogP contribution in [0.2, 0.25) is 18.1 Å². The zero-order chi connectivity index (χ0) is 16.8. The predicted octanol–water partition coefficient (Wildman–Crippen LogP) is 3.38.